The van der Waals surface area contributed by atoms with Crippen molar-refractivity contribution in [1.29, 1.82) is 0 Å². The van der Waals surface area contributed by atoms with Crippen LogP contribution in [0.25, 0.3) is 10.8 Å². The van der Waals surface area contributed by atoms with E-state index >= 15 is 0 Å². The number of hydrogen-bond acceptors (Lipinski definition) is 0. The summed E-state index contributed by atoms with van der Waals surface area (Å²) in [7, 11) is 0. The summed E-state index contributed by atoms with van der Waals surface area (Å²) in [5.74, 6) is 0.455. The molecule has 2 heteroatoms. The smallest absolute Gasteiger partial charge is 0.168 e. The van der Waals surface area contributed by atoms with E-state index in [-0.39, 0.29) is 31.3 Å². The van der Waals surface area contributed by atoms with Gasteiger partial charge < -0.3 is 0 Å². The molecule has 3 aromatic rings. The summed E-state index contributed by atoms with van der Waals surface area (Å²) >= 11 is 0. The maximum absolute atomic E-state index is 2.27. The molecule has 0 radical (unpaired) electrons. The minimum absolute atomic E-state index is 0. The summed E-state index contributed by atoms with van der Waals surface area (Å²) in [4.78, 5) is 0. The summed E-state index contributed by atoms with van der Waals surface area (Å²) in [6.07, 6.45) is 0. The third-order valence-corrected chi connectivity index (χ3v) is 3.48. The van der Waals surface area contributed by atoms with Crippen LogP contribution in [0.4, 0.5) is 0 Å². The van der Waals surface area contributed by atoms with Gasteiger partial charge >= 0.3 is 18.9 Å². The molecular weight excluding hydrogens is 247 g/mol. The van der Waals surface area contributed by atoms with Crippen LogP contribution in [0.2, 0.25) is 0 Å². The number of rotatable bonds is 2. The number of halogens is 1. The Morgan fingerprint density at radius 2 is 1.47 bits per heavy atom. The summed E-state index contributed by atoms with van der Waals surface area (Å²) in [5.41, 5.74) is 2.80. The molecule has 0 saturated heterocycles. The molecular formula is C17H16ClLi. The Balaban J connectivity index is 0.000000902. The quantitative estimate of drug-likeness (QED) is 0.490. The van der Waals surface area contributed by atoms with E-state index in [1.165, 1.54) is 21.9 Å². The van der Waals surface area contributed by atoms with Crippen molar-refractivity contribution in [2.24, 2.45) is 0 Å². The second-order valence-corrected chi connectivity index (χ2v) is 4.51. The first-order valence-electron chi connectivity index (χ1n) is 6.05. The molecule has 0 aromatic heterocycles. The molecule has 0 bridgehead atoms. The van der Waals surface area contributed by atoms with Crippen molar-refractivity contribution in [2.45, 2.75) is 12.8 Å². The Morgan fingerprint density at radius 1 is 0.842 bits per heavy atom. The van der Waals surface area contributed by atoms with Gasteiger partial charge in [-0.25, -0.2) is 0 Å². The Hall–Kier alpha value is -1.06. The molecule has 1 atom stereocenters. The zero-order valence-electron chi connectivity index (χ0n) is 11.3. The first kappa shape index (κ1) is 16.0. The summed E-state index contributed by atoms with van der Waals surface area (Å²) in [6.45, 7) is 2.27. The van der Waals surface area contributed by atoms with Crippen molar-refractivity contribution in [3.63, 3.8) is 0 Å². The molecule has 92 valence electrons. The van der Waals surface area contributed by atoms with E-state index in [1.807, 2.05) is 0 Å². The largest absolute Gasteiger partial charge is 1.00 e. The predicted octanol–water partition coefficient (Wildman–Crippen LogP) is 2.14. The first-order valence-corrected chi connectivity index (χ1v) is 6.05. The fraction of sp³-hybridized carbons (Fsp3) is 0.118. The average molecular weight is 263 g/mol. The minimum Gasteiger partial charge on any atom is -0.168 e. The molecule has 0 fully saturated rings. The third-order valence-electron chi connectivity index (χ3n) is 3.48. The fourth-order valence-corrected chi connectivity index (χ4v) is 2.47. The average Bonchev–Trinajstić information content (AvgIpc) is 2.83. The molecule has 3 rings (SSSR count). The Labute approximate surface area is 132 Å². The van der Waals surface area contributed by atoms with E-state index in [4.69, 9.17) is 0 Å². The predicted molar refractivity (Wildman–Crippen MR) is 80.7 cm³/mol. The van der Waals surface area contributed by atoms with Gasteiger partial charge in [-0.1, -0.05) is 43.3 Å². The van der Waals surface area contributed by atoms with E-state index in [0.29, 0.717) is 5.92 Å². The molecule has 0 spiro atoms. The Bertz CT molecular complexity index is 628. The van der Waals surface area contributed by atoms with Crippen LogP contribution in [0, 0.1) is 0 Å². The monoisotopic (exact) mass is 262 g/mol. The van der Waals surface area contributed by atoms with Gasteiger partial charge in [-0.15, -0.1) is 53.0 Å². The zero-order valence-corrected chi connectivity index (χ0v) is 12.2. The SMILES string of the molecule is CC(c1ccccc1)[c-]1ccc2ccccc21.Cl.[Li+]. The molecule has 3 aromatic carbocycles. The molecule has 0 nitrogen and oxygen atoms in total. The van der Waals surface area contributed by atoms with E-state index in [2.05, 4.69) is 73.7 Å². The van der Waals surface area contributed by atoms with Gasteiger partial charge in [0.15, 0.2) is 0 Å². The molecule has 0 aliphatic rings. The van der Waals surface area contributed by atoms with Gasteiger partial charge in [0.2, 0.25) is 0 Å². The number of fused-ring (bicyclic) bond motifs is 1. The zero-order chi connectivity index (χ0) is 11.7. The van der Waals surface area contributed by atoms with E-state index in [0.717, 1.165) is 0 Å². The normalized spacial score (nSPS) is 11.4. The number of benzene rings is 2. The van der Waals surface area contributed by atoms with Crippen molar-refractivity contribution in [1.82, 2.24) is 0 Å². The molecule has 0 aliphatic carbocycles. The van der Waals surface area contributed by atoms with Crippen LogP contribution in [-0.2, 0) is 0 Å². The topological polar surface area (TPSA) is 0 Å². The second-order valence-electron chi connectivity index (χ2n) is 4.51. The van der Waals surface area contributed by atoms with Gasteiger partial charge in [0.1, 0.15) is 0 Å². The number of hydrogen-bond donors (Lipinski definition) is 0. The summed E-state index contributed by atoms with van der Waals surface area (Å²) in [6, 6.07) is 23.8. The summed E-state index contributed by atoms with van der Waals surface area (Å²) in [5, 5.41) is 2.72. The van der Waals surface area contributed by atoms with E-state index < -0.39 is 0 Å². The maximum Gasteiger partial charge on any atom is 1.00 e. The molecule has 0 aliphatic heterocycles. The minimum atomic E-state index is 0. The van der Waals surface area contributed by atoms with E-state index in [9.17, 15) is 0 Å². The molecule has 0 heterocycles. The van der Waals surface area contributed by atoms with Crippen LogP contribution in [0.15, 0.2) is 66.7 Å². The van der Waals surface area contributed by atoms with Crippen LogP contribution in [0.1, 0.15) is 24.0 Å². The van der Waals surface area contributed by atoms with Crippen molar-refractivity contribution >= 4 is 23.2 Å². The van der Waals surface area contributed by atoms with Gasteiger partial charge in [0.25, 0.3) is 0 Å². The second kappa shape index (κ2) is 6.92. The van der Waals surface area contributed by atoms with Gasteiger partial charge in [-0.3, -0.25) is 0 Å². The van der Waals surface area contributed by atoms with Crippen LogP contribution in [-0.4, -0.2) is 0 Å². The molecule has 0 amide bonds. The van der Waals surface area contributed by atoms with Crippen LogP contribution in [0.5, 0.6) is 0 Å². The molecule has 1 unspecified atom stereocenters. The third kappa shape index (κ3) is 3.10. The van der Waals surface area contributed by atoms with Crippen LogP contribution in [0.3, 0.4) is 0 Å². The van der Waals surface area contributed by atoms with Crippen molar-refractivity contribution < 1.29 is 18.9 Å². The van der Waals surface area contributed by atoms with Gasteiger partial charge in [-0.2, -0.15) is 6.07 Å². The Morgan fingerprint density at radius 3 is 2.21 bits per heavy atom. The van der Waals surface area contributed by atoms with Gasteiger partial charge in [0.05, 0.1) is 0 Å². The van der Waals surface area contributed by atoms with E-state index in [1.54, 1.807) is 0 Å². The first-order chi connectivity index (χ1) is 8.36. The molecule has 19 heavy (non-hydrogen) atoms. The van der Waals surface area contributed by atoms with Crippen LogP contribution >= 0.6 is 12.4 Å². The van der Waals surface area contributed by atoms with Crippen molar-refractivity contribution in [2.75, 3.05) is 0 Å². The molecule has 0 N–H and O–H groups in total. The van der Waals surface area contributed by atoms with Crippen molar-refractivity contribution in [3.05, 3.63) is 77.9 Å². The maximum atomic E-state index is 2.27. The van der Waals surface area contributed by atoms with Crippen molar-refractivity contribution in [3.8, 4) is 0 Å². The Kier molecular flexibility index (Phi) is 5.82. The van der Waals surface area contributed by atoms with Crippen LogP contribution < -0.4 is 18.9 Å². The standard InChI is InChI=1S/C17H15.ClH.Li/c1-13(14-7-3-2-4-8-14)16-12-11-15-9-5-6-10-17(15)16;;/h2-13H,1H3;1H;/q-1;;+1. The summed E-state index contributed by atoms with van der Waals surface area (Å²) < 4.78 is 0. The van der Waals surface area contributed by atoms with Gasteiger partial charge in [-0.05, 0) is 11.5 Å². The van der Waals surface area contributed by atoms with Gasteiger partial charge in [0, 0.05) is 0 Å². The fourth-order valence-electron chi connectivity index (χ4n) is 2.47. The molecule has 0 saturated carbocycles.